The van der Waals surface area contributed by atoms with Crippen molar-refractivity contribution in [2.24, 2.45) is 5.92 Å². The number of rotatable bonds is 4. The molecular formula is C15H21ClN2O3S. The third kappa shape index (κ3) is 3.93. The van der Waals surface area contributed by atoms with E-state index in [1.807, 2.05) is 13.8 Å². The van der Waals surface area contributed by atoms with E-state index >= 15 is 0 Å². The van der Waals surface area contributed by atoms with Crippen LogP contribution >= 0.6 is 11.6 Å². The zero-order valence-corrected chi connectivity index (χ0v) is 14.4. The summed E-state index contributed by atoms with van der Waals surface area (Å²) in [5, 5.41) is 3.12. The molecule has 22 heavy (non-hydrogen) atoms. The first-order valence-electron chi connectivity index (χ1n) is 7.39. The summed E-state index contributed by atoms with van der Waals surface area (Å²) in [6.07, 6.45) is 1.49. The van der Waals surface area contributed by atoms with Gasteiger partial charge in [-0.05, 0) is 37.0 Å². The SMILES string of the molecule is CC(C)CNC(=O)c1cc(N2CCCCS2(=O)=O)ccc1Cl. The van der Waals surface area contributed by atoms with Gasteiger partial charge in [-0.3, -0.25) is 9.10 Å². The highest BCUT2D eigenvalue weighted by atomic mass is 35.5. The molecule has 2 rings (SSSR count). The Morgan fingerprint density at radius 3 is 2.73 bits per heavy atom. The zero-order valence-electron chi connectivity index (χ0n) is 12.8. The first kappa shape index (κ1) is 17.1. The van der Waals surface area contributed by atoms with Crippen molar-refractivity contribution in [3.8, 4) is 0 Å². The maximum atomic E-state index is 12.2. The second-order valence-corrected chi connectivity index (χ2v) is 8.28. The molecule has 0 atom stereocenters. The number of nitrogens with zero attached hydrogens (tertiary/aromatic N) is 1. The van der Waals surface area contributed by atoms with Crippen molar-refractivity contribution in [2.75, 3.05) is 23.1 Å². The van der Waals surface area contributed by atoms with Gasteiger partial charge in [0.15, 0.2) is 0 Å². The molecule has 0 unspecified atom stereocenters. The van der Waals surface area contributed by atoms with Gasteiger partial charge in [0.2, 0.25) is 10.0 Å². The molecule has 0 saturated carbocycles. The summed E-state index contributed by atoms with van der Waals surface area (Å²) in [6, 6.07) is 4.77. The van der Waals surface area contributed by atoms with E-state index in [0.717, 1.165) is 6.42 Å². The number of hydrogen-bond donors (Lipinski definition) is 1. The van der Waals surface area contributed by atoms with E-state index in [1.54, 1.807) is 18.2 Å². The Morgan fingerprint density at radius 1 is 1.36 bits per heavy atom. The Labute approximate surface area is 136 Å². The fourth-order valence-electron chi connectivity index (χ4n) is 2.31. The first-order valence-corrected chi connectivity index (χ1v) is 9.38. The van der Waals surface area contributed by atoms with Crippen LogP contribution in [0, 0.1) is 5.92 Å². The Hall–Kier alpha value is -1.27. The lowest BCUT2D eigenvalue weighted by Gasteiger charge is -2.28. The van der Waals surface area contributed by atoms with Crippen molar-refractivity contribution >= 4 is 33.2 Å². The number of anilines is 1. The predicted molar refractivity (Wildman–Crippen MR) is 89.0 cm³/mol. The van der Waals surface area contributed by atoms with Crippen molar-refractivity contribution in [2.45, 2.75) is 26.7 Å². The van der Waals surface area contributed by atoms with Crippen LogP contribution in [-0.4, -0.2) is 33.2 Å². The second-order valence-electron chi connectivity index (χ2n) is 5.86. The molecule has 0 aliphatic carbocycles. The van der Waals surface area contributed by atoms with Crippen molar-refractivity contribution < 1.29 is 13.2 Å². The molecule has 1 saturated heterocycles. The van der Waals surface area contributed by atoms with Gasteiger partial charge in [-0.2, -0.15) is 0 Å². The molecular weight excluding hydrogens is 324 g/mol. The van der Waals surface area contributed by atoms with Crippen LogP contribution in [0.25, 0.3) is 0 Å². The van der Waals surface area contributed by atoms with E-state index in [0.29, 0.717) is 41.7 Å². The van der Waals surface area contributed by atoms with Crippen LogP contribution in [0.2, 0.25) is 5.02 Å². The predicted octanol–water partition coefficient (Wildman–Crippen LogP) is 2.66. The average Bonchev–Trinajstić information content (AvgIpc) is 2.45. The van der Waals surface area contributed by atoms with Gasteiger partial charge < -0.3 is 5.32 Å². The molecule has 0 spiro atoms. The van der Waals surface area contributed by atoms with Crippen molar-refractivity contribution in [3.05, 3.63) is 28.8 Å². The minimum Gasteiger partial charge on any atom is -0.352 e. The standard InChI is InChI=1S/C15H21ClN2O3S/c1-11(2)10-17-15(19)13-9-12(5-6-14(13)16)18-7-3-4-8-22(18,20)21/h5-6,9,11H,3-4,7-8,10H2,1-2H3,(H,17,19). The van der Waals surface area contributed by atoms with E-state index < -0.39 is 10.0 Å². The van der Waals surface area contributed by atoms with Gasteiger partial charge in [0.1, 0.15) is 0 Å². The Morgan fingerprint density at radius 2 is 2.09 bits per heavy atom. The smallest absolute Gasteiger partial charge is 0.252 e. The summed E-state index contributed by atoms with van der Waals surface area (Å²) >= 11 is 6.09. The van der Waals surface area contributed by atoms with Crippen molar-refractivity contribution in [3.63, 3.8) is 0 Å². The molecule has 1 aromatic rings. The number of hydrogen-bond acceptors (Lipinski definition) is 3. The summed E-state index contributed by atoms with van der Waals surface area (Å²) in [5.74, 6) is 0.188. The van der Waals surface area contributed by atoms with Crippen LogP contribution in [0.3, 0.4) is 0 Å². The van der Waals surface area contributed by atoms with Gasteiger partial charge in [-0.1, -0.05) is 25.4 Å². The van der Waals surface area contributed by atoms with E-state index in [1.165, 1.54) is 4.31 Å². The third-order valence-corrected chi connectivity index (χ3v) is 5.70. The van der Waals surface area contributed by atoms with E-state index in [-0.39, 0.29) is 11.7 Å². The van der Waals surface area contributed by atoms with Gasteiger partial charge >= 0.3 is 0 Å². The molecule has 1 fully saturated rings. The maximum Gasteiger partial charge on any atom is 0.252 e. The number of carbonyl (C=O) groups excluding carboxylic acids is 1. The third-order valence-electron chi connectivity index (χ3n) is 3.50. The van der Waals surface area contributed by atoms with E-state index in [2.05, 4.69) is 5.32 Å². The molecule has 0 bridgehead atoms. The summed E-state index contributed by atoms with van der Waals surface area (Å²) in [4.78, 5) is 12.2. The molecule has 1 amide bonds. The molecule has 5 nitrogen and oxygen atoms in total. The fraction of sp³-hybridized carbons (Fsp3) is 0.533. The van der Waals surface area contributed by atoms with E-state index in [4.69, 9.17) is 11.6 Å². The van der Waals surface area contributed by atoms with Crippen LogP contribution in [-0.2, 0) is 10.0 Å². The van der Waals surface area contributed by atoms with Crippen LogP contribution in [0.15, 0.2) is 18.2 Å². The number of sulfonamides is 1. The minimum absolute atomic E-state index is 0.143. The van der Waals surface area contributed by atoms with Gasteiger partial charge in [-0.25, -0.2) is 8.42 Å². The molecule has 1 aliphatic heterocycles. The normalized spacial score (nSPS) is 17.5. The Kier molecular flexibility index (Phi) is 5.34. The largest absolute Gasteiger partial charge is 0.352 e. The molecule has 122 valence electrons. The Balaban J connectivity index is 2.28. The van der Waals surface area contributed by atoms with Crippen LogP contribution in [0.5, 0.6) is 0 Å². The lowest BCUT2D eigenvalue weighted by molar-refractivity contribution is 0.0949. The summed E-state index contributed by atoms with van der Waals surface area (Å²) < 4.78 is 25.7. The molecule has 1 aromatic carbocycles. The number of nitrogens with one attached hydrogen (secondary N) is 1. The maximum absolute atomic E-state index is 12.2. The van der Waals surface area contributed by atoms with Crippen LogP contribution < -0.4 is 9.62 Å². The number of halogens is 1. The monoisotopic (exact) mass is 344 g/mol. The van der Waals surface area contributed by atoms with Gasteiger partial charge in [0, 0.05) is 13.1 Å². The highest BCUT2D eigenvalue weighted by molar-refractivity contribution is 7.92. The molecule has 1 N–H and O–H groups in total. The summed E-state index contributed by atoms with van der Waals surface area (Å²) in [7, 11) is -3.30. The zero-order chi connectivity index (χ0) is 16.3. The summed E-state index contributed by atoms with van der Waals surface area (Å²) in [6.45, 7) is 4.98. The highest BCUT2D eigenvalue weighted by Gasteiger charge is 2.27. The van der Waals surface area contributed by atoms with Crippen molar-refractivity contribution in [1.82, 2.24) is 5.32 Å². The molecule has 0 radical (unpaired) electrons. The van der Waals surface area contributed by atoms with E-state index in [9.17, 15) is 13.2 Å². The first-order chi connectivity index (χ1) is 10.3. The summed E-state index contributed by atoms with van der Waals surface area (Å²) in [5.41, 5.74) is 0.805. The lowest BCUT2D eigenvalue weighted by Crippen LogP contribution is -2.38. The second kappa shape index (κ2) is 6.87. The van der Waals surface area contributed by atoms with Gasteiger partial charge in [-0.15, -0.1) is 0 Å². The van der Waals surface area contributed by atoms with Gasteiger partial charge in [0.05, 0.1) is 22.0 Å². The Bertz CT molecular complexity index is 659. The quantitative estimate of drug-likeness (QED) is 0.913. The van der Waals surface area contributed by atoms with Crippen LogP contribution in [0.4, 0.5) is 5.69 Å². The van der Waals surface area contributed by atoms with Crippen LogP contribution in [0.1, 0.15) is 37.0 Å². The number of amides is 1. The fourth-order valence-corrected chi connectivity index (χ4v) is 4.15. The lowest BCUT2D eigenvalue weighted by atomic mass is 10.1. The van der Waals surface area contributed by atoms with Crippen molar-refractivity contribution in [1.29, 1.82) is 0 Å². The number of benzene rings is 1. The van der Waals surface area contributed by atoms with Gasteiger partial charge in [0.25, 0.3) is 5.91 Å². The molecule has 0 aromatic heterocycles. The molecule has 1 aliphatic rings. The number of carbonyl (C=O) groups is 1. The molecule has 1 heterocycles. The molecule has 7 heteroatoms. The minimum atomic E-state index is -3.30. The topological polar surface area (TPSA) is 66.5 Å². The highest BCUT2D eigenvalue weighted by Crippen LogP contribution is 2.27. The average molecular weight is 345 g/mol.